The molecule has 1 rings (SSSR count). The van der Waals surface area contributed by atoms with Gasteiger partial charge in [0.15, 0.2) is 4.87 Å². The van der Waals surface area contributed by atoms with E-state index in [0.29, 0.717) is 5.03 Å². The summed E-state index contributed by atoms with van der Waals surface area (Å²) >= 11 is 11.5. The van der Waals surface area contributed by atoms with Crippen molar-refractivity contribution in [1.82, 2.24) is 0 Å². The van der Waals surface area contributed by atoms with Gasteiger partial charge in [-0.15, -0.1) is 0 Å². The van der Waals surface area contributed by atoms with E-state index in [9.17, 15) is 0 Å². The Bertz CT molecular complexity index is 332. The first-order valence-electron chi connectivity index (χ1n) is 3.19. The van der Waals surface area contributed by atoms with Crippen LogP contribution in [0, 0.1) is 28.6 Å². The molecule has 0 fully saturated rings. The minimum absolute atomic E-state index is 0.302. The van der Waals surface area contributed by atoms with Crippen LogP contribution in [0.5, 0.6) is 0 Å². The molecule has 0 aromatic carbocycles. The summed E-state index contributed by atoms with van der Waals surface area (Å²) in [4.78, 5) is -1.18. The molecule has 0 aromatic rings. The summed E-state index contributed by atoms with van der Waals surface area (Å²) in [6, 6.07) is 3.82. The summed E-state index contributed by atoms with van der Waals surface area (Å²) in [5.74, 6) is -0.466. The minimum atomic E-state index is -1.18. The summed E-state index contributed by atoms with van der Waals surface area (Å²) in [6.07, 6.45) is 4.37. The van der Waals surface area contributed by atoms with Gasteiger partial charge in [-0.2, -0.15) is 10.5 Å². The fourth-order valence-electron chi connectivity index (χ4n) is 0.841. The molecule has 0 aliphatic heterocycles. The molecular formula is C8H4Cl2N2. The van der Waals surface area contributed by atoms with E-state index in [2.05, 4.69) is 0 Å². The maximum atomic E-state index is 8.61. The van der Waals surface area contributed by atoms with Crippen molar-refractivity contribution in [3.63, 3.8) is 0 Å². The van der Waals surface area contributed by atoms with Crippen molar-refractivity contribution in [2.24, 2.45) is 5.92 Å². The van der Waals surface area contributed by atoms with Gasteiger partial charge in [0.2, 0.25) is 0 Å². The minimum Gasteiger partial charge on any atom is -0.197 e. The van der Waals surface area contributed by atoms with Gasteiger partial charge in [-0.1, -0.05) is 29.3 Å². The predicted octanol–water partition coefficient (Wildman–Crippen LogP) is 2.32. The van der Waals surface area contributed by atoms with Gasteiger partial charge in [-0.3, -0.25) is 0 Å². The van der Waals surface area contributed by atoms with Crippen LogP contribution in [0.2, 0.25) is 0 Å². The molecule has 12 heavy (non-hydrogen) atoms. The molecule has 0 saturated heterocycles. The zero-order chi connectivity index (χ0) is 9.19. The Kier molecular flexibility index (Phi) is 2.43. The van der Waals surface area contributed by atoms with Gasteiger partial charge >= 0.3 is 0 Å². The second-order valence-electron chi connectivity index (χ2n) is 2.37. The van der Waals surface area contributed by atoms with Crippen LogP contribution in [0.3, 0.4) is 0 Å². The van der Waals surface area contributed by atoms with Crippen molar-refractivity contribution >= 4 is 23.2 Å². The van der Waals surface area contributed by atoms with Gasteiger partial charge in [0, 0.05) is 5.03 Å². The number of alkyl halides is 1. The van der Waals surface area contributed by atoms with Gasteiger partial charge in [0.05, 0.1) is 18.1 Å². The Hall–Kier alpha value is -0.960. The standard InChI is InChI=1S/C8H4Cl2N2/c9-7-3-8(10,5-12)2-1-6(7)4-11/h1-3,6H. The molecule has 0 spiro atoms. The monoisotopic (exact) mass is 198 g/mol. The third kappa shape index (κ3) is 1.61. The van der Waals surface area contributed by atoms with Crippen LogP contribution in [0.1, 0.15) is 0 Å². The van der Waals surface area contributed by atoms with Crippen LogP contribution < -0.4 is 0 Å². The molecule has 1 aliphatic carbocycles. The summed E-state index contributed by atoms with van der Waals surface area (Å²) in [5, 5.41) is 17.5. The van der Waals surface area contributed by atoms with E-state index >= 15 is 0 Å². The average molecular weight is 199 g/mol. The van der Waals surface area contributed by atoms with E-state index in [1.807, 2.05) is 12.1 Å². The smallest absolute Gasteiger partial charge is 0.168 e. The Morgan fingerprint density at radius 3 is 2.58 bits per heavy atom. The number of hydrogen-bond donors (Lipinski definition) is 0. The molecule has 2 unspecified atom stereocenters. The molecule has 0 heterocycles. The first-order valence-corrected chi connectivity index (χ1v) is 3.94. The Labute approximate surface area is 80.3 Å². The van der Waals surface area contributed by atoms with Crippen LogP contribution in [-0.4, -0.2) is 4.87 Å². The maximum absolute atomic E-state index is 8.61. The van der Waals surface area contributed by atoms with E-state index in [1.165, 1.54) is 18.2 Å². The third-order valence-corrected chi connectivity index (χ3v) is 2.15. The lowest BCUT2D eigenvalue weighted by Crippen LogP contribution is -2.17. The summed E-state index contributed by atoms with van der Waals surface area (Å²) in [6.45, 7) is 0. The predicted molar refractivity (Wildman–Crippen MR) is 46.4 cm³/mol. The summed E-state index contributed by atoms with van der Waals surface area (Å²) < 4.78 is 0. The first-order chi connectivity index (χ1) is 5.61. The van der Waals surface area contributed by atoms with Gasteiger partial charge in [0.1, 0.15) is 0 Å². The fraction of sp³-hybridized carbons (Fsp3) is 0.250. The molecule has 0 aromatic heterocycles. The number of nitriles is 2. The topological polar surface area (TPSA) is 47.6 Å². The van der Waals surface area contributed by atoms with Gasteiger partial charge in [0.25, 0.3) is 0 Å². The number of nitrogens with zero attached hydrogens (tertiary/aromatic N) is 2. The molecule has 0 N–H and O–H groups in total. The van der Waals surface area contributed by atoms with Crippen molar-refractivity contribution in [2.75, 3.05) is 0 Å². The molecule has 0 bridgehead atoms. The Balaban J connectivity index is 3.00. The summed E-state index contributed by atoms with van der Waals surface area (Å²) in [5.41, 5.74) is 0. The Morgan fingerprint density at radius 2 is 2.17 bits per heavy atom. The van der Waals surface area contributed by atoms with Crippen molar-refractivity contribution in [1.29, 1.82) is 10.5 Å². The van der Waals surface area contributed by atoms with E-state index in [4.69, 9.17) is 33.7 Å². The molecule has 1 aliphatic rings. The lowest BCUT2D eigenvalue weighted by molar-refractivity contribution is 0.958. The van der Waals surface area contributed by atoms with Gasteiger partial charge in [-0.05, 0) is 12.2 Å². The largest absolute Gasteiger partial charge is 0.197 e. The SMILES string of the molecule is N#CC1C=CC(Cl)(C#N)C=C1Cl. The van der Waals surface area contributed by atoms with E-state index in [1.54, 1.807) is 0 Å². The van der Waals surface area contributed by atoms with E-state index < -0.39 is 10.8 Å². The number of rotatable bonds is 0. The molecule has 0 saturated carbocycles. The molecular weight excluding hydrogens is 195 g/mol. The van der Waals surface area contributed by atoms with E-state index in [0.717, 1.165) is 0 Å². The molecule has 60 valence electrons. The zero-order valence-corrected chi connectivity index (χ0v) is 7.47. The highest BCUT2D eigenvalue weighted by Crippen LogP contribution is 2.31. The molecule has 0 radical (unpaired) electrons. The Morgan fingerprint density at radius 1 is 1.50 bits per heavy atom. The number of hydrogen-bond acceptors (Lipinski definition) is 2. The molecule has 0 amide bonds. The highest BCUT2D eigenvalue weighted by molar-refractivity contribution is 6.33. The van der Waals surface area contributed by atoms with Crippen molar-refractivity contribution in [3.8, 4) is 12.1 Å². The van der Waals surface area contributed by atoms with Crippen LogP contribution >= 0.6 is 23.2 Å². The van der Waals surface area contributed by atoms with Crippen LogP contribution in [-0.2, 0) is 0 Å². The summed E-state index contributed by atoms with van der Waals surface area (Å²) in [7, 11) is 0. The zero-order valence-electron chi connectivity index (χ0n) is 5.96. The maximum Gasteiger partial charge on any atom is 0.168 e. The fourth-order valence-corrected chi connectivity index (χ4v) is 1.38. The number of halogens is 2. The van der Waals surface area contributed by atoms with Crippen LogP contribution in [0.4, 0.5) is 0 Å². The third-order valence-electron chi connectivity index (χ3n) is 1.49. The van der Waals surface area contributed by atoms with Crippen LogP contribution in [0.15, 0.2) is 23.3 Å². The molecule has 2 atom stereocenters. The van der Waals surface area contributed by atoms with Crippen LogP contribution in [0.25, 0.3) is 0 Å². The van der Waals surface area contributed by atoms with Crippen molar-refractivity contribution in [2.45, 2.75) is 4.87 Å². The van der Waals surface area contributed by atoms with Crippen molar-refractivity contribution < 1.29 is 0 Å². The normalized spacial score (nSPS) is 33.3. The second kappa shape index (κ2) is 3.19. The highest BCUT2D eigenvalue weighted by atomic mass is 35.5. The average Bonchev–Trinajstić information content (AvgIpc) is 2.05. The van der Waals surface area contributed by atoms with Crippen molar-refractivity contribution in [3.05, 3.63) is 23.3 Å². The highest BCUT2D eigenvalue weighted by Gasteiger charge is 2.27. The lowest BCUT2D eigenvalue weighted by Gasteiger charge is -2.16. The van der Waals surface area contributed by atoms with Gasteiger partial charge in [-0.25, -0.2) is 0 Å². The van der Waals surface area contributed by atoms with E-state index in [-0.39, 0.29) is 0 Å². The quantitative estimate of drug-likeness (QED) is 0.444. The van der Waals surface area contributed by atoms with Gasteiger partial charge < -0.3 is 0 Å². The molecule has 4 heteroatoms. The lowest BCUT2D eigenvalue weighted by atomic mass is 9.97. The first kappa shape index (κ1) is 9.13. The second-order valence-corrected chi connectivity index (χ2v) is 3.44. The molecule has 2 nitrogen and oxygen atoms in total. The number of allylic oxidation sites excluding steroid dienone is 4.